The number of piperazine rings is 1. The summed E-state index contributed by atoms with van der Waals surface area (Å²) in [5.74, 6) is 2.90. The zero-order valence-corrected chi connectivity index (χ0v) is 20.7. The number of benzene rings is 1. The maximum absolute atomic E-state index is 6.02. The molecule has 4 heterocycles. The molecule has 0 spiro atoms. The van der Waals surface area contributed by atoms with Crippen LogP contribution in [0.15, 0.2) is 55.2 Å². The molecule has 12 nitrogen and oxygen atoms in total. The van der Waals surface area contributed by atoms with Gasteiger partial charge in [-0.25, -0.2) is 15.0 Å². The van der Waals surface area contributed by atoms with Crippen molar-refractivity contribution in [2.24, 2.45) is 7.05 Å². The maximum atomic E-state index is 6.02. The minimum atomic E-state index is 0.283. The van der Waals surface area contributed by atoms with Crippen LogP contribution in [-0.4, -0.2) is 73.9 Å². The number of rotatable bonds is 10. The first-order valence-electron chi connectivity index (χ1n) is 12.1. The van der Waals surface area contributed by atoms with E-state index in [1.807, 2.05) is 31.3 Å². The van der Waals surface area contributed by atoms with Crippen LogP contribution >= 0.6 is 0 Å². The van der Waals surface area contributed by atoms with E-state index in [1.165, 1.54) is 6.20 Å². The van der Waals surface area contributed by atoms with Gasteiger partial charge >= 0.3 is 0 Å². The highest BCUT2D eigenvalue weighted by Gasteiger charge is 2.11. The van der Waals surface area contributed by atoms with E-state index in [1.54, 1.807) is 29.5 Å². The molecule has 4 N–H and O–H groups in total. The first kappa shape index (κ1) is 24.4. The number of nitrogens with zero attached hydrogens (tertiary/aromatic N) is 7. The van der Waals surface area contributed by atoms with Crippen LogP contribution in [0.3, 0.4) is 0 Å². The summed E-state index contributed by atoms with van der Waals surface area (Å²) in [6.07, 6.45) is 8.25. The Morgan fingerprint density at radius 1 is 1.05 bits per heavy atom. The van der Waals surface area contributed by atoms with Gasteiger partial charge in [-0.1, -0.05) is 18.2 Å². The Labute approximate surface area is 214 Å². The lowest BCUT2D eigenvalue weighted by molar-refractivity contribution is 0.191. The smallest absolute Gasteiger partial charge is 0.240 e. The molecular weight excluding hydrogens is 472 g/mol. The molecule has 1 aliphatic heterocycles. The molecule has 1 aromatic carbocycles. The van der Waals surface area contributed by atoms with Gasteiger partial charge in [-0.3, -0.25) is 9.58 Å². The highest BCUT2D eigenvalue weighted by molar-refractivity contribution is 5.59. The van der Waals surface area contributed by atoms with Gasteiger partial charge in [0.25, 0.3) is 0 Å². The van der Waals surface area contributed by atoms with Crippen molar-refractivity contribution in [3.8, 4) is 28.8 Å². The van der Waals surface area contributed by atoms with E-state index in [2.05, 4.69) is 40.6 Å². The maximum Gasteiger partial charge on any atom is 0.240 e. The molecule has 0 saturated carbocycles. The molecule has 0 bridgehead atoms. The van der Waals surface area contributed by atoms with Crippen molar-refractivity contribution < 1.29 is 9.47 Å². The fourth-order valence-corrected chi connectivity index (χ4v) is 3.91. The summed E-state index contributed by atoms with van der Waals surface area (Å²) in [5.41, 5.74) is 7.93. The van der Waals surface area contributed by atoms with Crippen LogP contribution in [0.4, 0.5) is 11.6 Å². The van der Waals surface area contributed by atoms with E-state index < -0.39 is 0 Å². The Kier molecular flexibility index (Phi) is 7.67. The highest BCUT2D eigenvalue weighted by atomic mass is 16.5. The molecule has 12 heteroatoms. The molecule has 37 heavy (non-hydrogen) atoms. The van der Waals surface area contributed by atoms with Crippen molar-refractivity contribution in [3.05, 3.63) is 60.8 Å². The van der Waals surface area contributed by atoms with Gasteiger partial charge in [-0.2, -0.15) is 10.1 Å². The van der Waals surface area contributed by atoms with Crippen LogP contribution in [0.2, 0.25) is 0 Å². The molecule has 192 valence electrons. The number of aromatic nitrogens is 6. The molecule has 1 aliphatic rings. The number of nitrogens with two attached hydrogens (primary N) is 1. The third-order valence-corrected chi connectivity index (χ3v) is 5.84. The highest BCUT2D eigenvalue weighted by Crippen LogP contribution is 2.23. The largest absolute Gasteiger partial charge is 0.489 e. The Balaban J connectivity index is 1.17. The first-order chi connectivity index (χ1) is 18.1. The SMILES string of the molecule is Cn1cc(Oc2cnc(N)c(NCc3cccc(-c4ncc(OCCN5CCNCC5)cn4)c3)n2)cn1. The Bertz CT molecular complexity index is 1310. The lowest BCUT2D eigenvalue weighted by Gasteiger charge is -2.26. The van der Waals surface area contributed by atoms with Gasteiger partial charge in [-0.05, 0) is 11.6 Å². The van der Waals surface area contributed by atoms with Crippen LogP contribution < -0.4 is 25.8 Å². The molecule has 0 atom stereocenters. The molecule has 0 aliphatic carbocycles. The molecule has 5 rings (SSSR count). The predicted octanol–water partition coefficient (Wildman–Crippen LogP) is 1.94. The van der Waals surface area contributed by atoms with Gasteiger partial charge in [0.15, 0.2) is 29.0 Å². The Morgan fingerprint density at radius 3 is 2.68 bits per heavy atom. The van der Waals surface area contributed by atoms with Crippen LogP contribution in [0.5, 0.6) is 17.4 Å². The molecule has 4 aromatic rings. The lowest BCUT2D eigenvalue weighted by atomic mass is 10.1. The number of hydrogen-bond donors (Lipinski definition) is 3. The second kappa shape index (κ2) is 11.6. The van der Waals surface area contributed by atoms with Crippen molar-refractivity contribution in [1.29, 1.82) is 0 Å². The average molecular weight is 503 g/mol. The van der Waals surface area contributed by atoms with Gasteiger partial charge in [0, 0.05) is 51.9 Å². The zero-order valence-electron chi connectivity index (χ0n) is 20.7. The van der Waals surface area contributed by atoms with Crippen LogP contribution in [-0.2, 0) is 13.6 Å². The summed E-state index contributed by atoms with van der Waals surface area (Å²) in [6, 6.07) is 7.96. The van der Waals surface area contributed by atoms with Crippen molar-refractivity contribution >= 4 is 11.6 Å². The molecule has 3 aromatic heterocycles. The van der Waals surface area contributed by atoms with Gasteiger partial charge in [0.05, 0.1) is 31.0 Å². The standard InChI is InChI=1S/C25H30N10O2/c1-34-17-21(15-32-34)37-22-16-28-23(26)25(33-22)29-12-18-3-2-4-19(11-18)24-30-13-20(14-31-24)36-10-9-35-7-5-27-6-8-35/h2-4,11,13-17,27H,5-10,12H2,1H3,(H2,26,28)(H,29,33). The third kappa shape index (κ3) is 6.68. The van der Waals surface area contributed by atoms with Gasteiger partial charge in [-0.15, -0.1) is 0 Å². The molecule has 1 fully saturated rings. The Hall–Kier alpha value is -4.29. The van der Waals surface area contributed by atoms with E-state index in [0.717, 1.165) is 43.9 Å². The summed E-state index contributed by atoms with van der Waals surface area (Å²) in [6.45, 7) is 6.15. The molecule has 0 amide bonds. The van der Waals surface area contributed by atoms with Crippen LogP contribution in [0.1, 0.15) is 5.56 Å². The molecule has 0 unspecified atom stereocenters. The predicted molar refractivity (Wildman–Crippen MR) is 139 cm³/mol. The second-order valence-electron chi connectivity index (χ2n) is 8.63. The van der Waals surface area contributed by atoms with E-state index in [-0.39, 0.29) is 5.82 Å². The average Bonchev–Trinajstić information content (AvgIpc) is 3.34. The van der Waals surface area contributed by atoms with Crippen molar-refractivity contribution in [3.63, 3.8) is 0 Å². The normalized spacial score (nSPS) is 13.9. The van der Waals surface area contributed by atoms with Crippen LogP contribution in [0.25, 0.3) is 11.4 Å². The van der Waals surface area contributed by atoms with Crippen molar-refractivity contribution in [2.45, 2.75) is 6.54 Å². The van der Waals surface area contributed by atoms with E-state index in [0.29, 0.717) is 42.2 Å². The number of nitrogens with one attached hydrogen (secondary N) is 2. The molecule has 0 radical (unpaired) electrons. The van der Waals surface area contributed by atoms with Gasteiger partial charge in [0.2, 0.25) is 5.88 Å². The number of nitrogen functional groups attached to an aromatic ring is 1. The zero-order chi connectivity index (χ0) is 25.5. The van der Waals surface area contributed by atoms with E-state index >= 15 is 0 Å². The summed E-state index contributed by atoms with van der Waals surface area (Å²) in [7, 11) is 1.81. The number of aryl methyl sites for hydroxylation is 1. The van der Waals surface area contributed by atoms with Gasteiger partial charge in [0.1, 0.15) is 6.61 Å². The van der Waals surface area contributed by atoms with Crippen molar-refractivity contribution in [1.82, 2.24) is 39.9 Å². The summed E-state index contributed by atoms with van der Waals surface area (Å²) in [5, 5.41) is 10.7. The minimum Gasteiger partial charge on any atom is -0.489 e. The van der Waals surface area contributed by atoms with Crippen molar-refractivity contribution in [2.75, 3.05) is 50.4 Å². The first-order valence-corrected chi connectivity index (χ1v) is 12.1. The molecular formula is C25H30N10O2. The lowest BCUT2D eigenvalue weighted by Crippen LogP contribution is -2.44. The fourth-order valence-electron chi connectivity index (χ4n) is 3.91. The van der Waals surface area contributed by atoms with Gasteiger partial charge < -0.3 is 25.8 Å². The number of ether oxygens (including phenoxy) is 2. The topological polar surface area (TPSA) is 141 Å². The number of hydrogen-bond acceptors (Lipinski definition) is 11. The number of anilines is 2. The quantitative estimate of drug-likeness (QED) is 0.293. The minimum absolute atomic E-state index is 0.283. The summed E-state index contributed by atoms with van der Waals surface area (Å²) >= 11 is 0. The molecule has 1 saturated heterocycles. The monoisotopic (exact) mass is 502 g/mol. The second-order valence-corrected chi connectivity index (χ2v) is 8.63. The summed E-state index contributed by atoms with van der Waals surface area (Å²) in [4.78, 5) is 20.0. The summed E-state index contributed by atoms with van der Waals surface area (Å²) < 4.78 is 13.2. The Morgan fingerprint density at radius 2 is 1.89 bits per heavy atom. The van der Waals surface area contributed by atoms with E-state index in [9.17, 15) is 0 Å². The third-order valence-electron chi connectivity index (χ3n) is 5.84. The fraction of sp³-hybridized carbons (Fsp3) is 0.320. The van der Waals surface area contributed by atoms with Crippen LogP contribution in [0, 0.1) is 0 Å². The van der Waals surface area contributed by atoms with E-state index in [4.69, 9.17) is 15.2 Å².